The molecule has 0 atom stereocenters. The van der Waals surface area contributed by atoms with E-state index < -0.39 is 11.9 Å². The predicted octanol–water partition coefficient (Wildman–Crippen LogP) is 2.96. The van der Waals surface area contributed by atoms with E-state index in [9.17, 15) is 13.2 Å². The van der Waals surface area contributed by atoms with E-state index in [1.54, 1.807) is 6.07 Å². The van der Waals surface area contributed by atoms with Gasteiger partial charge < -0.3 is 15.1 Å². The van der Waals surface area contributed by atoms with E-state index in [1.165, 1.54) is 6.20 Å². The number of aromatic nitrogens is 3. The Labute approximate surface area is 150 Å². The van der Waals surface area contributed by atoms with Gasteiger partial charge in [-0.05, 0) is 26.0 Å². The molecule has 0 amide bonds. The Bertz CT molecular complexity index is 756. The van der Waals surface area contributed by atoms with E-state index in [1.807, 2.05) is 24.8 Å². The Morgan fingerprint density at radius 1 is 1.08 bits per heavy atom. The average molecular weight is 366 g/mol. The number of halogens is 3. The number of rotatable bonds is 4. The topological polar surface area (TPSA) is 57.2 Å². The summed E-state index contributed by atoms with van der Waals surface area (Å²) in [5.41, 5.74) is 0.539. The molecule has 1 aliphatic rings. The fourth-order valence-corrected chi connectivity index (χ4v) is 2.90. The number of nitrogens with one attached hydrogen (secondary N) is 1. The Balaban J connectivity index is 1.70. The van der Waals surface area contributed by atoms with Crippen LogP contribution in [0.25, 0.3) is 0 Å². The van der Waals surface area contributed by atoms with Crippen LogP contribution in [-0.2, 0) is 6.18 Å². The van der Waals surface area contributed by atoms with Gasteiger partial charge in [0, 0.05) is 56.4 Å². The van der Waals surface area contributed by atoms with Gasteiger partial charge in [0.05, 0.1) is 0 Å². The molecule has 0 saturated carbocycles. The van der Waals surface area contributed by atoms with Crippen molar-refractivity contribution in [1.29, 1.82) is 0 Å². The summed E-state index contributed by atoms with van der Waals surface area (Å²) >= 11 is 0. The lowest BCUT2D eigenvalue weighted by atomic mass is 10.2. The summed E-state index contributed by atoms with van der Waals surface area (Å²) in [6, 6.07) is 4.60. The van der Waals surface area contributed by atoms with E-state index >= 15 is 0 Å². The van der Waals surface area contributed by atoms with Crippen LogP contribution in [0.1, 0.15) is 18.3 Å². The zero-order valence-electron chi connectivity index (χ0n) is 14.7. The largest absolute Gasteiger partial charge is 0.433 e. The summed E-state index contributed by atoms with van der Waals surface area (Å²) in [6.07, 6.45) is -3.23. The third-order valence-corrected chi connectivity index (χ3v) is 4.16. The second kappa shape index (κ2) is 7.35. The lowest BCUT2D eigenvalue weighted by Crippen LogP contribution is -2.47. The fraction of sp³-hybridized carbons (Fsp3) is 0.471. The van der Waals surface area contributed by atoms with Crippen LogP contribution in [-0.4, -0.2) is 47.7 Å². The van der Waals surface area contributed by atoms with Gasteiger partial charge in [-0.15, -0.1) is 0 Å². The van der Waals surface area contributed by atoms with Crippen molar-refractivity contribution in [3.8, 4) is 0 Å². The number of hydrogen-bond acceptors (Lipinski definition) is 6. The Morgan fingerprint density at radius 2 is 1.77 bits per heavy atom. The molecule has 0 bridgehead atoms. The number of nitrogens with zero attached hydrogens (tertiary/aromatic N) is 5. The molecule has 1 saturated heterocycles. The molecule has 2 aromatic heterocycles. The van der Waals surface area contributed by atoms with Crippen LogP contribution >= 0.6 is 0 Å². The first-order valence-corrected chi connectivity index (χ1v) is 8.49. The second-order valence-corrected chi connectivity index (χ2v) is 6.10. The van der Waals surface area contributed by atoms with Crippen molar-refractivity contribution < 1.29 is 13.2 Å². The maximum Gasteiger partial charge on any atom is 0.433 e. The molecular weight excluding hydrogens is 345 g/mol. The number of alkyl halides is 3. The van der Waals surface area contributed by atoms with E-state index in [0.717, 1.165) is 24.1 Å². The maximum absolute atomic E-state index is 12.8. The van der Waals surface area contributed by atoms with Crippen molar-refractivity contribution in [2.45, 2.75) is 20.0 Å². The number of piperazine rings is 1. The minimum atomic E-state index is -4.43. The van der Waals surface area contributed by atoms with Gasteiger partial charge in [-0.3, -0.25) is 4.98 Å². The number of anilines is 3. The SMILES string of the molecule is CCNc1cc(C)nc(N2CCN(c3ccnc(C(F)(F)F)c3)CC2)n1. The van der Waals surface area contributed by atoms with Gasteiger partial charge in [0.25, 0.3) is 0 Å². The number of hydrogen-bond donors (Lipinski definition) is 1. The fourth-order valence-electron chi connectivity index (χ4n) is 2.90. The molecule has 1 N–H and O–H groups in total. The van der Waals surface area contributed by atoms with Crippen LogP contribution < -0.4 is 15.1 Å². The highest BCUT2D eigenvalue weighted by atomic mass is 19.4. The van der Waals surface area contributed by atoms with Gasteiger partial charge in [0.15, 0.2) is 0 Å². The van der Waals surface area contributed by atoms with E-state index in [-0.39, 0.29) is 0 Å². The van der Waals surface area contributed by atoms with Gasteiger partial charge in [-0.25, -0.2) is 4.98 Å². The first-order chi connectivity index (χ1) is 12.4. The lowest BCUT2D eigenvalue weighted by Gasteiger charge is -2.36. The van der Waals surface area contributed by atoms with Gasteiger partial charge in [-0.1, -0.05) is 0 Å². The van der Waals surface area contributed by atoms with Crippen LogP contribution in [0.2, 0.25) is 0 Å². The molecule has 1 fully saturated rings. The first-order valence-electron chi connectivity index (χ1n) is 8.49. The molecule has 9 heteroatoms. The van der Waals surface area contributed by atoms with Crippen molar-refractivity contribution in [2.24, 2.45) is 0 Å². The van der Waals surface area contributed by atoms with Crippen molar-refractivity contribution in [2.75, 3.05) is 47.8 Å². The summed E-state index contributed by atoms with van der Waals surface area (Å²) in [7, 11) is 0. The van der Waals surface area contributed by atoms with Crippen LogP contribution in [0.3, 0.4) is 0 Å². The molecular formula is C17H21F3N6. The van der Waals surface area contributed by atoms with Crippen LogP contribution in [0, 0.1) is 6.92 Å². The molecule has 26 heavy (non-hydrogen) atoms. The molecule has 0 radical (unpaired) electrons. The molecule has 3 heterocycles. The van der Waals surface area contributed by atoms with Crippen molar-refractivity contribution in [3.63, 3.8) is 0 Å². The standard InChI is InChI=1S/C17H21F3N6/c1-3-21-15-10-12(2)23-16(24-15)26-8-6-25(7-9-26)13-4-5-22-14(11-13)17(18,19)20/h4-5,10-11H,3,6-9H2,1-2H3,(H,21,23,24). The molecule has 0 aromatic carbocycles. The van der Waals surface area contributed by atoms with Crippen LogP contribution in [0.4, 0.5) is 30.6 Å². The Morgan fingerprint density at radius 3 is 2.42 bits per heavy atom. The minimum Gasteiger partial charge on any atom is -0.370 e. The average Bonchev–Trinajstić information content (AvgIpc) is 2.61. The Hall–Kier alpha value is -2.58. The zero-order valence-corrected chi connectivity index (χ0v) is 14.7. The van der Waals surface area contributed by atoms with E-state index in [2.05, 4.69) is 25.2 Å². The molecule has 6 nitrogen and oxygen atoms in total. The smallest absolute Gasteiger partial charge is 0.370 e. The van der Waals surface area contributed by atoms with Gasteiger partial charge in [0.1, 0.15) is 11.5 Å². The maximum atomic E-state index is 12.8. The normalized spacial score (nSPS) is 15.3. The molecule has 0 unspecified atom stereocenters. The highest BCUT2D eigenvalue weighted by Crippen LogP contribution is 2.30. The second-order valence-electron chi connectivity index (χ2n) is 6.10. The summed E-state index contributed by atoms with van der Waals surface area (Å²) in [5, 5.41) is 3.18. The molecule has 0 spiro atoms. The summed E-state index contributed by atoms with van der Waals surface area (Å²) < 4.78 is 38.5. The third kappa shape index (κ3) is 4.14. The summed E-state index contributed by atoms with van der Waals surface area (Å²) in [6.45, 7) is 7.15. The quantitative estimate of drug-likeness (QED) is 0.898. The number of pyridine rings is 1. The van der Waals surface area contributed by atoms with Gasteiger partial charge >= 0.3 is 6.18 Å². The van der Waals surface area contributed by atoms with Crippen molar-refractivity contribution >= 4 is 17.5 Å². The zero-order chi connectivity index (χ0) is 18.7. The van der Waals surface area contributed by atoms with E-state index in [0.29, 0.717) is 37.8 Å². The van der Waals surface area contributed by atoms with Crippen molar-refractivity contribution in [3.05, 3.63) is 35.8 Å². The first kappa shape index (κ1) is 18.2. The third-order valence-electron chi connectivity index (χ3n) is 4.16. The van der Waals surface area contributed by atoms with Crippen LogP contribution in [0.5, 0.6) is 0 Å². The Kier molecular flexibility index (Phi) is 5.15. The van der Waals surface area contributed by atoms with Gasteiger partial charge in [-0.2, -0.15) is 18.2 Å². The predicted molar refractivity (Wildman–Crippen MR) is 94.6 cm³/mol. The molecule has 2 aromatic rings. The summed E-state index contributed by atoms with van der Waals surface area (Å²) in [5.74, 6) is 1.42. The minimum absolute atomic E-state index is 0.533. The molecule has 3 rings (SSSR count). The monoisotopic (exact) mass is 366 g/mol. The highest BCUT2D eigenvalue weighted by molar-refractivity contribution is 5.50. The lowest BCUT2D eigenvalue weighted by molar-refractivity contribution is -0.141. The molecule has 1 aliphatic heterocycles. The number of aryl methyl sites for hydroxylation is 1. The van der Waals surface area contributed by atoms with Crippen LogP contribution in [0.15, 0.2) is 24.4 Å². The van der Waals surface area contributed by atoms with E-state index in [4.69, 9.17) is 0 Å². The van der Waals surface area contributed by atoms with Crippen molar-refractivity contribution in [1.82, 2.24) is 15.0 Å². The molecule has 0 aliphatic carbocycles. The summed E-state index contributed by atoms with van der Waals surface area (Å²) in [4.78, 5) is 16.4. The molecule has 140 valence electrons. The van der Waals surface area contributed by atoms with Gasteiger partial charge in [0.2, 0.25) is 5.95 Å². The highest BCUT2D eigenvalue weighted by Gasteiger charge is 2.33.